The molecule has 0 amide bonds. The van der Waals surface area contributed by atoms with Crippen LogP contribution in [0.15, 0.2) is 290 Å². The van der Waals surface area contributed by atoms with E-state index in [4.69, 9.17) is 0 Å². The van der Waals surface area contributed by atoms with E-state index in [0.717, 1.165) is 59.7 Å². The summed E-state index contributed by atoms with van der Waals surface area (Å²) in [5.41, 5.74) is 21.9. The third-order valence-electron chi connectivity index (χ3n) is 15.4. The zero-order chi connectivity index (χ0) is 48.6. The predicted molar refractivity (Wildman–Crippen MR) is 308 cm³/mol. The Morgan fingerprint density at radius 1 is 0.370 bits per heavy atom. The molecule has 10 aromatic rings. The third-order valence-corrected chi connectivity index (χ3v) is 15.4. The average molecular weight is 935 g/mol. The van der Waals surface area contributed by atoms with E-state index in [1.807, 2.05) is 0 Å². The van der Waals surface area contributed by atoms with Crippen molar-refractivity contribution in [1.82, 2.24) is 0 Å². The van der Waals surface area contributed by atoms with E-state index < -0.39 is 5.41 Å². The topological polar surface area (TPSA) is 6.48 Å². The molecule has 0 bridgehead atoms. The Morgan fingerprint density at radius 3 is 1.53 bits per heavy atom. The number of fused-ring (bicyclic) bond motifs is 3. The van der Waals surface area contributed by atoms with Gasteiger partial charge >= 0.3 is 0 Å². The molecular weight excluding hydrogens is 881 g/mol. The molecule has 73 heavy (non-hydrogen) atoms. The van der Waals surface area contributed by atoms with Crippen molar-refractivity contribution in [3.8, 4) is 22.3 Å². The minimum atomic E-state index is -0.494. The molecule has 0 radical (unpaired) electrons. The van der Waals surface area contributed by atoms with Gasteiger partial charge in [-0.2, -0.15) is 0 Å². The number of anilines is 5. The van der Waals surface area contributed by atoms with E-state index in [9.17, 15) is 0 Å². The molecule has 3 aliphatic carbocycles. The molecule has 0 aliphatic heterocycles. The lowest BCUT2D eigenvalue weighted by Crippen LogP contribution is -2.30. The van der Waals surface area contributed by atoms with Crippen LogP contribution in [-0.4, -0.2) is 0 Å². The number of para-hydroxylation sites is 2. The van der Waals surface area contributed by atoms with Crippen LogP contribution in [0.3, 0.4) is 0 Å². The van der Waals surface area contributed by atoms with E-state index in [1.54, 1.807) is 0 Å². The van der Waals surface area contributed by atoms with Gasteiger partial charge in [0.05, 0.1) is 11.1 Å². The molecule has 0 heterocycles. The minimum absolute atomic E-state index is 0.494. The summed E-state index contributed by atoms with van der Waals surface area (Å²) in [6.45, 7) is 0. The molecule has 2 nitrogen and oxygen atoms in total. The van der Waals surface area contributed by atoms with Crippen LogP contribution in [0.2, 0.25) is 0 Å². The summed E-state index contributed by atoms with van der Waals surface area (Å²) < 4.78 is 0. The van der Waals surface area contributed by atoms with Gasteiger partial charge in [0.25, 0.3) is 0 Å². The maximum absolute atomic E-state index is 2.59. The Kier molecular flexibility index (Phi) is 11.4. The molecule has 0 N–H and O–H groups in total. The quantitative estimate of drug-likeness (QED) is 0.128. The number of allylic oxidation sites excluding steroid dienone is 8. The molecule has 13 rings (SSSR count). The monoisotopic (exact) mass is 934 g/mol. The predicted octanol–water partition coefficient (Wildman–Crippen LogP) is 19.0. The number of hydrogen-bond acceptors (Lipinski definition) is 2. The second kappa shape index (κ2) is 19.0. The van der Waals surface area contributed by atoms with Gasteiger partial charge in [-0.25, -0.2) is 0 Å². The highest BCUT2D eigenvalue weighted by molar-refractivity contribution is 5.98. The number of benzene rings is 10. The van der Waals surface area contributed by atoms with Gasteiger partial charge in [0.15, 0.2) is 0 Å². The molecular formula is C71H54N2. The SMILES string of the molecule is C1=CC2=C(CC1)C(c1ccccc1)(c1ccccc1)c1cc(N(C3=CC=C(c4cccc5ccccc45)CC3)c3ccc(-c4ccccc4)cc3)c(-c3ccc(N(c4ccccc4)c4ccccc4)cc3)cc12. The van der Waals surface area contributed by atoms with Crippen molar-refractivity contribution in [3.63, 3.8) is 0 Å². The molecule has 0 saturated heterocycles. The lowest BCUT2D eigenvalue weighted by atomic mass is 9.65. The van der Waals surface area contributed by atoms with Gasteiger partial charge in [0.1, 0.15) is 0 Å². The van der Waals surface area contributed by atoms with Crippen LogP contribution in [0, 0.1) is 0 Å². The maximum Gasteiger partial charge on any atom is 0.0677 e. The number of hydrogen-bond donors (Lipinski definition) is 0. The van der Waals surface area contributed by atoms with Gasteiger partial charge in [-0.05, 0) is 164 Å². The molecule has 3 aliphatic rings. The summed E-state index contributed by atoms with van der Waals surface area (Å²) in [5.74, 6) is 0. The van der Waals surface area contributed by atoms with Crippen LogP contribution in [-0.2, 0) is 5.41 Å². The minimum Gasteiger partial charge on any atom is -0.314 e. The van der Waals surface area contributed by atoms with E-state index in [0.29, 0.717) is 0 Å². The van der Waals surface area contributed by atoms with E-state index in [1.165, 1.54) is 77.7 Å². The highest BCUT2D eigenvalue weighted by Crippen LogP contribution is 2.59. The first-order valence-electron chi connectivity index (χ1n) is 25.8. The Bertz CT molecular complexity index is 3650. The van der Waals surface area contributed by atoms with Crippen LogP contribution in [0.1, 0.15) is 53.5 Å². The van der Waals surface area contributed by atoms with Gasteiger partial charge in [-0.15, -0.1) is 0 Å². The highest BCUT2D eigenvalue weighted by atomic mass is 15.2. The summed E-state index contributed by atoms with van der Waals surface area (Å²) >= 11 is 0. The molecule has 0 atom stereocenters. The van der Waals surface area contributed by atoms with Gasteiger partial charge in [-0.3, -0.25) is 0 Å². The number of rotatable bonds is 11. The van der Waals surface area contributed by atoms with E-state index in [-0.39, 0.29) is 0 Å². The van der Waals surface area contributed by atoms with Crippen molar-refractivity contribution >= 4 is 50.4 Å². The fraction of sp³-hybridized carbons (Fsp3) is 0.0704. The summed E-state index contributed by atoms with van der Waals surface area (Å²) in [4.78, 5) is 4.93. The highest BCUT2D eigenvalue weighted by Gasteiger charge is 2.48. The first-order valence-corrected chi connectivity index (χ1v) is 25.8. The first kappa shape index (κ1) is 44.0. The standard InChI is InChI=1S/C71H54N2/c1-6-21-51(22-7-1)52-37-43-61(44-38-52)73(62-47-39-54(40-48-62)64-35-20-24-53-23-16-17-33-63(53)64)70-50-69-67(65-34-18-19-36-68(65)71(69,56-25-8-2-9-26-56)57-27-10-3-11-28-57)49-66(70)55-41-45-60(46-42-55)72(58-29-12-4-13-30-58)59-31-14-5-15-32-59/h1-18,20-35,37-39,41-47,49-50H,19,36,40,48H2. The summed E-state index contributed by atoms with van der Waals surface area (Å²) in [7, 11) is 0. The Hall–Kier alpha value is -8.98. The van der Waals surface area contributed by atoms with Crippen molar-refractivity contribution in [2.45, 2.75) is 31.1 Å². The number of nitrogens with zero attached hydrogens (tertiary/aromatic N) is 2. The zero-order valence-corrected chi connectivity index (χ0v) is 40.8. The fourth-order valence-electron chi connectivity index (χ4n) is 12.0. The van der Waals surface area contributed by atoms with Crippen LogP contribution >= 0.6 is 0 Å². The van der Waals surface area contributed by atoms with E-state index in [2.05, 4.69) is 289 Å². The van der Waals surface area contributed by atoms with Crippen molar-refractivity contribution in [3.05, 3.63) is 318 Å². The van der Waals surface area contributed by atoms with Gasteiger partial charge < -0.3 is 9.80 Å². The zero-order valence-electron chi connectivity index (χ0n) is 40.8. The normalized spacial score (nSPS) is 14.5. The van der Waals surface area contributed by atoms with Crippen molar-refractivity contribution in [1.29, 1.82) is 0 Å². The molecule has 0 saturated carbocycles. The third kappa shape index (κ3) is 7.84. The fourth-order valence-corrected chi connectivity index (χ4v) is 12.0. The lowest BCUT2D eigenvalue weighted by molar-refractivity contribution is 0.696. The van der Waals surface area contributed by atoms with E-state index >= 15 is 0 Å². The summed E-state index contributed by atoms with van der Waals surface area (Å²) in [5, 5.41) is 2.57. The van der Waals surface area contributed by atoms with Gasteiger partial charge in [0.2, 0.25) is 0 Å². The molecule has 348 valence electrons. The molecule has 0 unspecified atom stereocenters. The molecule has 0 aromatic heterocycles. The van der Waals surface area contributed by atoms with Crippen LogP contribution < -0.4 is 9.80 Å². The second-order valence-electron chi connectivity index (χ2n) is 19.4. The summed E-state index contributed by atoms with van der Waals surface area (Å²) in [6, 6.07) is 93.9. The van der Waals surface area contributed by atoms with Crippen molar-refractivity contribution < 1.29 is 0 Å². The Labute approximate surface area is 429 Å². The first-order chi connectivity index (χ1) is 36.2. The maximum atomic E-state index is 2.59. The summed E-state index contributed by atoms with van der Waals surface area (Å²) in [6.07, 6.45) is 13.4. The average Bonchev–Trinajstić information content (AvgIpc) is 3.77. The Morgan fingerprint density at radius 2 is 0.904 bits per heavy atom. The van der Waals surface area contributed by atoms with Crippen molar-refractivity contribution in [2.24, 2.45) is 0 Å². The smallest absolute Gasteiger partial charge is 0.0677 e. The molecule has 0 spiro atoms. The van der Waals surface area contributed by atoms with Crippen LogP contribution in [0.25, 0.3) is 44.2 Å². The molecule has 2 heteroatoms. The molecule has 0 fully saturated rings. The van der Waals surface area contributed by atoms with Gasteiger partial charge in [0, 0.05) is 34.0 Å². The van der Waals surface area contributed by atoms with Crippen LogP contribution in [0.5, 0.6) is 0 Å². The largest absolute Gasteiger partial charge is 0.314 e. The second-order valence-corrected chi connectivity index (χ2v) is 19.4. The van der Waals surface area contributed by atoms with Crippen molar-refractivity contribution in [2.75, 3.05) is 9.80 Å². The van der Waals surface area contributed by atoms with Gasteiger partial charge in [-0.1, -0.05) is 212 Å². The molecule has 10 aromatic carbocycles. The van der Waals surface area contributed by atoms with Crippen LogP contribution in [0.4, 0.5) is 28.4 Å². The lowest BCUT2D eigenvalue weighted by Gasteiger charge is -2.38. The Balaban J connectivity index is 1.06.